The predicted molar refractivity (Wildman–Crippen MR) is 112 cm³/mol. The molecule has 0 unspecified atom stereocenters. The Hall–Kier alpha value is -2.41. The molecule has 0 aliphatic rings. The van der Waals surface area contributed by atoms with Gasteiger partial charge in [-0.2, -0.15) is 0 Å². The van der Waals surface area contributed by atoms with Crippen LogP contribution in [0.5, 0.6) is 5.75 Å². The number of halogens is 1. The number of H-pyrrole nitrogens is 1. The molecule has 4 N–H and O–H groups in total. The standard InChI is InChI=1S/C17H16BrN5O4S2/c18-11-4-6-13(7-5-11)27-9-15-21-17(23-22-15)28-10-16(24)20-12-2-1-3-14(8-12)29(19,25)26/h1-8H,9-10H2,(H,20,24)(H2,19,25,26)(H,21,22,23). The number of nitrogens with zero attached hydrogens (tertiary/aromatic N) is 2. The minimum atomic E-state index is -3.84. The second kappa shape index (κ2) is 9.39. The van der Waals surface area contributed by atoms with Crippen molar-refractivity contribution in [3.63, 3.8) is 0 Å². The first-order valence-corrected chi connectivity index (χ1v) is 11.5. The van der Waals surface area contributed by atoms with Gasteiger partial charge in [0.15, 0.2) is 5.82 Å². The highest BCUT2D eigenvalue weighted by Gasteiger charge is 2.11. The van der Waals surface area contributed by atoms with E-state index in [9.17, 15) is 13.2 Å². The topological polar surface area (TPSA) is 140 Å². The molecule has 0 saturated heterocycles. The minimum absolute atomic E-state index is 0.0461. The number of anilines is 1. The SMILES string of the molecule is NS(=O)(=O)c1cccc(NC(=O)CSc2n[nH]c(COc3ccc(Br)cc3)n2)c1. The number of sulfonamides is 1. The summed E-state index contributed by atoms with van der Waals surface area (Å²) in [6.45, 7) is 0.210. The number of hydrogen-bond donors (Lipinski definition) is 3. The molecular formula is C17H16BrN5O4S2. The van der Waals surface area contributed by atoms with Gasteiger partial charge >= 0.3 is 0 Å². The number of ether oxygens (including phenoxy) is 1. The molecule has 2 aromatic carbocycles. The number of nitrogens with one attached hydrogen (secondary N) is 2. The van der Waals surface area contributed by atoms with E-state index in [1.165, 1.54) is 18.2 Å². The van der Waals surface area contributed by atoms with Crippen molar-refractivity contribution in [1.29, 1.82) is 0 Å². The fraction of sp³-hybridized carbons (Fsp3) is 0.118. The second-order valence-corrected chi connectivity index (χ2v) is 9.14. The average molecular weight is 498 g/mol. The van der Waals surface area contributed by atoms with Crippen LogP contribution in [0, 0.1) is 0 Å². The molecule has 29 heavy (non-hydrogen) atoms. The third-order valence-electron chi connectivity index (χ3n) is 3.48. The zero-order valence-corrected chi connectivity index (χ0v) is 18.1. The number of aromatic nitrogens is 3. The number of thioether (sulfide) groups is 1. The van der Waals surface area contributed by atoms with Gasteiger partial charge in [-0.3, -0.25) is 9.89 Å². The molecule has 1 aromatic heterocycles. The Kier molecular flexibility index (Phi) is 6.90. The van der Waals surface area contributed by atoms with Crippen LogP contribution in [0.25, 0.3) is 0 Å². The Labute approximate surface area is 179 Å². The molecule has 0 spiro atoms. The van der Waals surface area contributed by atoms with Crippen LogP contribution < -0.4 is 15.2 Å². The van der Waals surface area contributed by atoms with Crippen molar-refractivity contribution in [3.8, 4) is 5.75 Å². The molecule has 0 radical (unpaired) electrons. The van der Waals surface area contributed by atoms with E-state index in [2.05, 4.69) is 36.4 Å². The molecule has 1 heterocycles. The van der Waals surface area contributed by atoms with Crippen LogP contribution in [0.2, 0.25) is 0 Å². The van der Waals surface area contributed by atoms with E-state index < -0.39 is 10.0 Å². The molecule has 0 fully saturated rings. The van der Waals surface area contributed by atoms with Crippen LogP contribution in [0.4, 0.5) is 5.69 Å². The Morgan fingerprint density at radius 2 is 2.00 bits per heavy atom. The highest BCUT2D eigenvalue weighted by atomic mass is 79.9. The van der Waals surface area contributed by atoms with Crippen molar-refractivity contribution in [3.05, 3.63) is 58.8 Å². The highest BCUT2D eigenvalue weighted by Crippen LogP contribution is 2.18. The van der Waals surface area contributed by atoms with Crippen LogP contribution in [0.3, 0.4) is 0 Å². The van der Waals surface area contributed by atoms with Gasteiger partial charge in [0, 0.05) is 10.2 Å². The lowest BCUT2D eigenvalue weighted by Gasteiger charge is -2.05. The summed E-state index contributed by atoms with van der Waals surface area (Å²) < 4.78 is 29.3. The lowest BCUT2D eigenvalue weighted by Crippen LogP contribution is -2.16. The summed E-state index contributed by atoms with van der Waals surface area (Å²) in [5, 5.41) is 14.9. The van der Waals surface area contributed by atoms with E-state index in [0.717, 1.165) is 16.2 Å². The summed E-state index contributed by atoms with van der Waals surface area (Å²) in [4.78, 5) is 16.3. The number of rotatable bonds is 8. The maximum Gasteiger partial charge on any atom is 0.238 e. The Balaban J connectivity index is 1.49. The summed E-state index contributed by atoms with van der Waals surface area (Å²) in [5.41, 5.74) is 0.334. The van der Waals surface area contributed by atoms with Gasteiger partial charge < -0.3 is 10.1 Å². The first-order chi connectivity index (χ1) is 13.8. The van der Waals surface area contributed by atoms with E-state index in [0.29, 0.717) is 22.4 Å². The normalized spacial score (nSPS) is 11.2. The van der Waals surface area contributed by atoms with Crippen molar-refractivity contribution in [1.82, 2.24) is 15.2 Å². The van der Waals surface area contributed by atoms with Crippen molar-refractivity contribution in [2.45, 2.75) is 16.7 Å². The minimum Gasteiger partial charge on any atom is -0.486 e. The van der Waals surface area contributed by atoms with Crippen LogP contribution in [0.1, 0.15) is 5.82 Å². The number of carbonyl (C=O) groups is 1. The molecule has 12 heteroatoms. The predicted octanol–water partition coefficient (Wildman–Crippen LogP) is 2.52. The van der Waals surface area contributed by atoms with Crippen molar-refractivity contribution in [2.75, 3.05) is 11.1 Å². The van der Waals surface area contributed by atoms with Gasteiger partial charge in [0.2, 0.25) is 21.1 Å². The van der Waals surface area contributed by atoms with Gasteiger partial charge in [0.25, 0.3) is 0 Å². The first-order valence-electron chi connectivity index (χ1n) is 8.15. The maximum absolute atomic E-state index is 12.1. The molecular weight excluding hydrogens is 482 g/mol. The van der Waals surface area contributed by atoms with Crippen molar-refractivity contribution in [2.24, 2.45) is 5.14 Å². The molecule has 0 aliphatic carbocycles. The summed E-state index contributed by atoms with van der Waals surface area (Å²) >= 11 is 4.49. The number of nitrogens with two attached hydrogens (primary N) is 1. The summed E-state index contributed by atoms with van der Waals surface area (Å²) in [6.07, 6.45) is 0. The summed E-state index contributed by atoms with van der Waals surface area (Å²) in [6, 6.07) is 13.1. The summed E-state index contributed by atoms with van der Waals surface area (Å²) in [7, 11) is -3.84. The van der Waals surface area contributed by atoms with E-state index in [-0.39, 0.29) is 23.2 Å². The van der Waals surface area contributed by atoms with Gasteiger partial charge in [-0.1, -0.05) is 33.8 Å². The number of amides is 1. The molecule has 0 saturated carbocycles. The quantitative estimate of drug-likeness (QED) is 0.406. The molecule has 152 valence electrons. The molecule has 0 atom stereocenters. The fourth-order valence-electron chi connectivity index (χ4n) is 2.17. The Bertz CT molecular complexity index is 1100. The Morgan fingerprint density at radius 1 is 1.24 bits per heavy atom. The van der Waals surface area contributed by atoms with E-state index in [1.807, 2.05) is 24.3 Å². The van der Waals surface area contributed by atoms with E-state index in [1.54, 1.807) is 6.07 Å². The van der Waals surface area contributed by atoms with Crippen LogP contribution in [0.15, 0.2) is 63.1 Å². The lowest BCUT2D eigenvalue weighted by atomic mass is 10.3. The van der Waals surface area contributed by atoms with Gasteiger partial charge in [-0.15, -0.1) is 5.10 Å². The molecule has 1 amide bonds. The smallest absolute Gasteiger partial charge is 0.238 e. The van der Waals surface area contributed by atoms with E-state index in [4.69, 9.17) is 9.88 Å². The van der Waals surface area contributed by atoms with Crippen LogP contribution in [-0.2, 0) is 21.4 Å². The zero-order chi connectivity index (χ0) is 20.9. The van der Waals surface area contributed by atoms with Crippen molar-refractivity contribution >= 4 is 49.3 Å². The molecule has 9 nitrogen and oxygen atoms in total. The average Bonchev–Trinajstić information content (AvgIpc) is 3.13. The third kappa shape index (κ3) is 6.56. The van der Waals surface area contributed by atoms with E-state index >= 15 is 0 Å². The van der Waals surface area contributed by atoms with Gasteiger partial charge in [0.1, 0.15) is 12.4 Å². The molecule has 0 bridgehead atoms. The number of hydrogen-bond acceptors (Lipinski definition) is 7. The fourth-order valence-corrected chi connectivity index (χ4v) is 3.61. The molecule has 3 aromatic rings. The zero-order valence-electron chi connectivity index (χ0n) is 14.8. The summed E-state index contributed by atoms with van der Waals surface area (Å²) in [5.74, 6) is 0.931. The number of primary sulfonamides is 1. The van der Waals surface area contributed by atoms with Gasteiger partial charge in [0.05, 0.1) is 10.6 Å². The molecule has 3 rings (SSSR count). The van der Waals surface area contributed by atoms with Gasteiger partial charge in [-0.25, -0.2) is 18.5 Å². The lowest BCUT2D eigenvalue weighted by molar-refractivity contribution is -0.113. The maximum atomic E-state index is 12.1. The Morgan fingerprint density at radius 3 is 2.72 bits per heavy atom. The van der Waals surface area contributed by atoms with Gasteiger partial charge in [-0.05, 0) is 42.5 Å². The highest BCUT2D eigenvalue weighted by molar-refractivity contribution is 9.10. The van der Waals surface area contributed by atoms with Crippen LogP contribution >= 0.6 is 27.7 Å². The first kappa shape index (κ1) is 21.3. The number of carbonyl (C=O) groups excluding carboxylic acids is 1. The number of benzene rings is 2. The second-order valence-electron chi connectivity index (χ2n) is 5.72. The monoisotopic (exact) mass is 497 g/mol. The molecule has 0 aliphatic heterocycles. The third-order valence-corrected chi connectivity index (χ3v) is 5.77. The van der Waals surface area contributed by atoms with Crippen LogP contribution in [-0.4, -0.2) is 35.3 Å². The van der Waals surface area contributed by atoms with Crippen molar-refractivity contribution < 1.29 is 17.9 Å². The number of aromatic amines is 1. The largest absolute Gasteiger partial charge is 0.486 e.